The summed E-state index contributed by atoms with van der Waals surface area (Å²) in [5, 5.41) is 0. The Morgan fingerprint density at radius 3 is 2.22 bits per heavy atom. The molecule has 1 aliphatic rings. The summed E-state index contributed by atoms with van der Waals surface area (Å²) in [7, 11) is 1.33. The van der Waals surface area contributed by atoms with E-state index in [1.807, 2.05) is 0 Å². The largest absolute Gasteiger partial charge is 0.462 e. The number of carbonyl (C=O) groups excluding carboxylic acids is 3. The molecular formula is C19H22O8. The molecule has 8 heteroatoms. The molecule has 1 saturated heterocycles. The van der Waals surface area contributed by atoms with Crippen molar-refractivity contribution in [2.24, 2.45) is 0 Å². The van der Waals surface area contributed by atoms with Crippen molar-refractivity contribution in [1.82, 2.24) is 0 Å². The fraction of sp³-hybridized carbons (Fsp3) is 0.421. The number of rotatable bonds is 5. The lowest BCUT2D eigenvalue weighted by atomic mass is 9.87. The van der Waals surface area contributed by atoms with E-state index in [-0.39, 0.29) is 11.3 Å². The van der Waals surface area contributed by atoms with E-state index in [2.05, 4.69) is 6.58 Å². The minimum atomic E-state index is -1.61. The predicted octanol–water partition coefficient (Wildman–Crippen LogP) is 1.98. The summed E-state index contributed by atoms with van der Waals surface area (Å²) in [6, 6.07) is 8.24. The van der Waals surface area contributed by atoms with Crippen LogP contribution in [0.5, 0.6) is 0 Å². The van der Waals surface area contributed by atoms with Gasteiger partial charge in [0.05, 0.1) is 5.56 Å². The Labute approximate surface area is 157 Å². The predicted molar refractivity (Wildman–Crippen MR) is 92.4 cm³/mol. The standard InChI is InChI=1S/C19H22O8/c1-11-15(26-17(22)14-9-7-6-8-10-14)19(4,27-13(3)21)16(25-12(2)20)18(23-5)24-11/h6-10,15-16,18H,1H2,2-5H3/t15-,16+,18+,19+/m1/s1. The monoisotopic (exact) mass is 378 g/mol. The van der Waals surface area contributed by atoms with Crippen LogP contribution in [0, 0.1) is 0 Å². The molecule has 0 unspecified atom stereocenters. The van der Waals surface area contributed by atoms with E-state index >= 15 is 0 Å². The highest BCUT2D eigenvalue weighted by molar-refractivity contribution is 5.89. The zero-order valence-electron chi connectivity index (χ0n) is 15.6. The second kappa shape index (κ2) is 8.22. The summed E-state index contributed by atoms with van der Waals surface area (Å²) >= 11 is 0. The second-order valence-electron chi connectivity index (χ2n) is 6.15. The van der Waals surface area contributed by atoms with Crippen LogP contribution in [0.1, 0.15) is 31.1 Å². The summed E-state index contributed by atoms with van der Waals surface area (Å²) in [5.41, 5.74) is -1.33. The summed E-state index contributed by atoms with van der Waals surface area (Å²) in [6.07, 6.45) is -3.52. The van der Waals surface area contributed by atoms with Crippen LogP contribution in [0.3, 0.4) is 0 Å². The topological polar surface area (TPSA) is 97.4 Å². The first kappa shape index (κ1) is 20.4. The average Bonchev–Trinajstić information content (AvgIpc) is 2.60. The van der Waals surface area contributed by atoms with Gasteiger partial charge in [-0.2, -0.15) is 0 Å². The first-order chi connectivity index (χ1) is 12.7. The van der Waals surface area contributed by atoms with Crippen molar-refractivity contribution in [2.75, 3.05) is 7.11 Å². The molecule has 2 rings (SSSR count). The average molecular weight is 378 g/mol. The molecule has 8 nitrogen and oxygen atoms in total. The molecule has 1 aliphatic heterocycles. The Morgan fingerprint density at radius 1 is 1.07 bits per heavy atom. The molecule has 27 heavy (non-hydrogen) atoms. The van der Waals surface area contributed by atoms with Crippen LogP contribution in [-0.4, -0.2) is 49.1 Å². The van der Waals surface area contributed by atoms with Gasteiger partial charge in [-0.25, -0.2) is 4.79 Å². The summed E-state index contributed by atoms with van der Waals surface area (Å²) in [4.78, 5) is 35.8. The fourth-order valence-electron chi connectivity index (χ4n) is 2.89. The van der Waals surface area contributed by atoms with E-state index in [4.69, 9.17) is 23.7 Å². The normalized spacial score (nSPS) is 27.3. The highest BCUT2D eigenvalue weighted by atomic mass is 16.7. The third-order valence-corrected chi connectivity index (χ3v) is 4.02. The van der Waals surface area contributed by atoms with Gasteiger partial charge in [-0.1, -0.05) is 24.8 Å². The van der Waals surface area contributed by atoms with E-state index in [0.29, 0.717) is 0 Å². The van der Waals surface area contributed by atoms with E-state index < -0.39 is 42.0 Å². The van der Waals surface area contributed by atoms with Crippen LogP contribution in [0.25, 0.3) is 0 Å². The summed E-state index contributed by atoms with van der Waals surface area (Å²) < 4.78 is 26.9. The number of methoxy groups -OCH3 is 1. The molecule has 0 N–H and O–H groups in total. The Kier molecular flexibility index (Phi) is 6.22. The van der Waals surface area contributed by atoms with Crippen LogP contribution in [0.4, 0.5) is 0 Å². The van der Waals surface area contributed by atoms with Gasteiger partial charge in [-0.3, -0.25) is 9.59 Å². The van der Waals surface area contributed by atoms with Gasteiger partial charge in [-0.15, -0.1) is 0 Å². The number of esters is 3. The van der Waals surface area contributed by atoms with Gasteiger partial charge in [0.15, 0.2) is 5.60 Å². The van der Waals surface area contributed by atoms with Gasteiger partial charge in [0.2, 0.25) is 18.5 Å². The van der Waals surface area contributed by atoms with Gasteiger partial charge in [0.1, 0.15) is 5.76 Å². The molecule has 0 radical (unpaired) electrons. The van der Waals surface area contributed by atoms with Crippen molar-refractivity contribution in [2.45, 2.75) is 44.9 Å². The maximum atomic E-state index is 12.5. The van der Waals surface area contributed by atoms with Gasteiger partial charge >= 0.3 is 17.9 Å². The van der Waals surface area contributed by atoms with Crippen LogP contribution >= 0.6 is 0 Å². The van der Waals surface area contributed by atoms with Crippen molar-refractivity contribution in [3.8, 4) is 0 Å². The van der Waals surface area contributed by atoms with Crippen molar-refractivity contribution in [3.63, 3.8) is 0 Å². The molecule has 1 aromatic rings. The lowest BCUT2D eigenvalue weighted by Crippen LogP contribution is -2.64. The molecule has 146 valence electrons. The third-order valence-electron chi connectivity index (χ3n) is 4.02. The highest BCUT2D eigenvalue weighted by Gasteiger charge is 2.59. The molecule has 0 aliphatic carbocycles. The molecule has 0 spiro atoms. The maximum absolute atomic E-state index is 12.5. The SMILES string of the molecule is C=C1O[C@H](OC)[C@H](OC(C)=O)[C@@](C)(OC(C)=O)[C@@H]1OC(=O)c1ccccc1. The van der Waals surface area contributed by atoms with Gasteiger partial charge in [0, 0.05) is 21.0 Å². The Hall–Kier alpha value is -2.87. The lowest BCUT2D eigenvalue weighted by molar-refractivity contribution is -0.279. The highest BCUT2D eigenvalue weighted by Crippen LogP contribution is 2.39. The molecule has 0 saturated carbocycles. The smallest absolute Gasteiger partial charge is 0.338 e. The van der Waals surface area contributed by atoms with E-state index in [0.717, 1.165) is 0 Å². The lowest BCUT2D eigenvalue weighted by Gasteiger charge is -2.47. The first-order valence-corrected chi connectivity index (χ1v) is 8.20. The zero-order chi connectivity index (χ0) is 20.2. The van der Waals surface area contributed by atoms with Gasteiger partial charge < -0.3 is 23.7 Å². The maximum Gasteiger partial charge on any atom is 0.338 e. The van der Waals surface area contributed by atoms with Crippen molar-refractivity contribution in [1.29, 1.82) is 0 Å². The molecule has 4 atom stereocenters. The molecule has 0 amide bonds. The van der Waals surface area contributed by atoms with Gasteiger partial charge in [0.25, 0.3) is 0 Å². The molecule has 1 aromatic carbocycles. The number of hydrogen-bond donors (Lipinski definition) is 0. The number of carbonyl (C=O) groups is 3. The van der Waals surface area contributed by atoms with Gasteiger partial charge in [-0.05, 0) is 19.1 Å². The van der Waals surface area contributed by atoms with Crippen LogP contribution in [0.2, 0.25) is 0 Å². The van der Waals surface area contributed by atoms with Crippen molar-refractivity contribution in [3.05, 3.63) is 48.2 Å². The minimum Gasteiger partial charge on any atom is -0.462 e. The molecule has 0 bridgehead atoms. The fourth-order valence-corrected chi connectivity index (χ4v) is 2.89. The Morgan fingerprint density at radius 2 is 1.70 bits per heavy atom. The Balaban J connectivity index is 2.41. The molecule has 1 fully saturated rings. The van der Waals surface area contributed by atoms with Crippen molar-refractivity contribution < 1.29 is 38.1 Å². The summed E-state index contributed by atoms with van der Waals surface area (Å²) in [6.45, 7) is 7.59. The number of ether oxygens (including phenoxy) is 5. The van der Waals surface area contributed by atoms with E-state index in [9.17, 15) is 14.4 Å². The summed E-state index contributed by atoms with van der Waals surface area (Å²) in [5.74, 6) is -2.00. The minimum absolute atomic E-state index is 0.00159. The second-order valence-corrected chi connectivity index (χ2v) is 6.15. The molecule has 1 heterocycles. The van der Waals surface area contributed by atoms with Crippen LogP contribution in [-0.2, 0) is 33.3 Å². The third kappa shape index (κ3) is 4.46. The quantitative estimate of drug-likeness (QED) is 0.567. The van der Waals surface area contributed by atoms with Crippen LogP contribution < -0.4 is 0 Å². The van der Waals surface area contributed by atoms with E-state index in [1.54, 1.807) is 30.3 Å². The van der Waals surface area contributed by atoms with Crippen molar-refractivity contribution >= 4 is 17.9 Å². The Bertz CT molecular complexity index is 728. The van der Waals surface area contributed by atoms with Crippen LogP contribution in [0.15, 0.2) is 42.7 Å². The number of hydrogen-bond acceptors (Lipinski definition) is 8. The molecule has 0 aromatic heterocycles. The van der Waals surface area contributed by atoms with E-state index in [1.165, 1.54) is 27.9 Å². The first-order valence-electron chi connectivity index (χ1n) is 8.20. The zero-order valence-corrected chi connectivity index (χ0v) is 15.6. The molecular weight excluding hydrogens is 356 g/mol. The number of benzene rings is 1.